The molecular weight excluding hydrogens is 543 g/mol. The second kappa shape index (κ2) is 13.2. The minimum Gasteiger partial charge on any atom is -0.379 e. The van der Waals surface area contributed by atoms with Gasteiger partial charge < -0.3 is 10.1 Å². The average molecular weight is 581 g/mol. The molecule has 0 radical (unpaired) electrons. The van der Waals surface area contributed by atoms with Crippen LogP contribution in [0.5, 0.6) is 0 Å². The molecule has 0 unspecified atom stereocenters. The number of benzene rings is 2. The minimum atomic E-state index is -3.70. The summed E-state index contributed by atoms with van der Waals surface area (Å²) in [7, 11) is -3.70. The van der Waals surface area contributed by atoms with E-state index in [1.54, 1.807) is 36.4 Å². The molecule has 41 heavy (non-hydrogen) atoms. The molecule has 5 rings (SSSR count). The maximum atomic E-state index is 13.2. The van der Waals surface area contributed by atoms with Crippen LogP contribution >= 0.6 is 0 Å². The predicted octanol–water partition coefficient (Wildman–Crippen LogP) is 4.43. The highest BCUT2D eigenvalue weighted by molar-refractivity contribution is 7.89. The molecule has 1 amide bonds. The summed E-state index contributed by atoms with van der Waals surface area (Å²) in [5, 5.41) is 3.00. The molecule has 0 spiro atoms. The van der Waals surface area contributed by atoms with Crippen LogP contribution in [0.1, 0.15) is 49.8 Å². The van der Waals surface area contributed by atoms with E-state index in [4.69, 9.17) is 4.74 Å². The van der Waals surface area contributed by atoms with Crippen LogP contribution in [0.15, 0.2) is 71.8 Å². The standard InChI is InChI=1S/C31H37FN4O4S/c1-22(24-3-9-27(32)10-4-24)34-31(37)26-5-11-28(12-6-26)35-41(38,39)29-13-7-25(8-14-29)30-15-2-23(20-33-30)21-36-16-18-40-19-17-36/h2-4,7-10,13-15,20,22,26,28,35H,5-6,11-12,16-19,21H2,1H3,(H,34,37)/t22-,26-,28-/m1/s1. The van der Waals surface area contributed by atoms with Gasteiger partial charge in [-0.2, -0.15) is 0 Å². The van der Waals surface area contributed by atoms with E-state index in [1.807, 2.05) is 19.2 Å². The van der Waals surface area contributed by atoms with Crippen LogP contribution in [0.4, 0.5) is 4.39 Å². The van der Waals surface area contributed by atoms with Gasteiger partial charge in [0.15, 0.2) is 0 Å². The SMILES string of the molecule is C[C@@H](NC(=O)[C@H]1CC[C@H](NS(=O)(=O)c2ccc(-c3ccc(CN4CCOCC4)cn3)cc2)CC1)c1ccc(F)cc1. The van der Waals surface area contributed by atoms with Gasteiger partial charge in [-0.1, -0.05) is 30.3 Å². The number of nitrogens with zero attached hydrogens (tertiary/aromatic N) is 2. The fourth-order valence-electron chi connectivity index (χ4n) is 5.44. The largest absolute Gasteiger partial charge is 0.379 e. The quantitative estimate of drug-likeness (QED) is 0.388. The normalized spacial score (nSPS) is 20.8. The van der Waals surface area contributed by atoms with Crippen LogP contribution in [-0.2, 0) is 26.1 Å². The third-order valence-corrected chi connectivity index (χ3v) is 9.48. The Labute approximate surface area is 241 Å². The van der Waals surface area contributed by atoms with Crippen molar-refractivity contribution in [2.75, 3.05) is 26.3 Å². The Hall–Kier alpha value is -3.18. The van der Waals surface area contributed by atoms with Crippen LogP contribution < -0.4 is 10.0 Å². The number of halogens is 1. The van der Waals surface area contributed by atoms with E-state index in [2.05, 4.69) is 26.0 Å². The van der Waals surface area contributed by atoms with Crippen molar-refractivity contribution in [3.63, 3.8) is 0 Å². The van der Waals surface area contributed by atoms with Gasteiger partial charge in [0.25, 0.3) is 0 Å². The molecule has 10 heteroatoms. The number of hydrogen-bond acceptors (Lipinski definition) is 6. The molecule has 3 aromatic rings. The van der Waals surface area contributed by atoms with E-state index < -0.39 is 10.0 Å². The summed E-state index contributed by atoms with van der Waals surface area (Å²) in [6.45, 7) is 6.05. The van der Waals surface area contributed by atoms with Crippen molar-refractivity contribution in [2.24, 2.45) is 5.92 Å². The molecule has 2 aliphatic rings. The number of aromatic nitrogens is 1. The van der Waals surface area contributed by atoms with E-state index >= 15 is 0 Å². The molecular formula is C31H37FN4O4S. The lowest BCUT2D eigenvalue weighted by atomic mass is 9.85. The Morgan fingerprint density at radius 3 is 2.32 bits per heavy atom. The molecule has 8 nitrogen and oxygen atoms in total. The lowest BCUT2D eigenvalue weighted by Gasteiger charge is -2.29. The molecule has 2 N–H and O–H groups in total. The maximum absolute atomic E-state index is 13.2. The van der Waals surface area contributed by atoms with E-state index in [0.29, 0.717) is 25.7 Å². The first-order valence-corrected chi connectivity index (χ1v) is 15.7. The van der Waals surface area contributed by atoms with Gasteiger partial charge in [0.05, 0.1) is 29.8 Å². The number of carbonyl (C=O) groups is 1. The summed E-state index contributed by atoms with van der Waals surface area (Å²) < 4.78 is 47.6. The lowest BCUT2D eigenvalue weighted by Crippen LogP contribution is -2.41. The summed E-state index contributed by atoms with van der Waals surface area (Å²) in [6.07, 6.45) is 4.24. The second-order valence-corrected chi connectivity index (χ2v) is 12.6. The lowest BCUT2D eigenvalue weighted by molar-refractivity contribution is -0.126. The van der Waals surface area contributed by atoms with Crippen LogP contribution in [0.25, 0.3) is 11.3 Å². The highest BCUT2D eigenvalue weighted by atomic mass is 32.2. The maximum Gasteiger partial charge on any atom is 0.240 e. The third-order valence-electron chi connectivity index (χ3n) is 7.94. The highest BCUT2D eigenvalue weighted by Crippen LogP contribution is 2.27. The molecule has 2 aromatic carbocycles. The number of nitrogens with one attached hydrogen (secondary N) is 2. The molecule has 1 aliphatic carbocycles. The van der Waals surface area contributed by atoms with Crippen molar-refractivity contribution in [1.82, 2.24) is 19.9 Å². The van der Waals surface area contributed by atoms with Crippen molar-refractivity contribution in [3.05, 3.63) is 83.8 Å². The predicted molar refractivity (Wildman–Crippen MR) is 155 cm³/mol. The smallest absolute Gasteiger partial charge is 0.240 e. The van der Waals surface area contributed by atoms with E-state index in [9.17, 15) is 17.6 Å². The molecule has 2 fully saturated rings. The Morgan fingerprint density at radius 1 is 1.00 bits per heavy atom. The van der Waals surface area contributed by atoms with Crippen LogP contribution in [0, 0.1) is 11.7 Å². The first kappa shape index (κ1) is 29.3. The van der Waals surface area contributed by atoms with Crippen molar-refractivity contribution >= 4 is 15.9 Å². The van der Waals surface area contributed by atoms with Crippen molar-refractivity contribution in [1.29, 1.82) is 0 Å². The fraction of sp³-hybridized carbons (Fsp3) is 0.419. The monoisotopic (exact) mass is 580 g/mol. The zero-order chi connectivity index (χ0) is 28.8. The number of amides is 1. The molecule has 218 valence electrons. The number of hydrogen-bond donors (Lipinski definition) is 2. The van der Waals surface area contributed by atoms with Crippen molar-refractivity contribution in [2.45, 2.75) is 56.1 Å². The van der Waals surface area contributed by atoms with E-state index in [0.717, 1.165) is 55.2 Å². The van der Waals surface area contributed by atoms with Gasteiger partial charge in [-0.25, -0.2) is 17.5 Å². The third kappa shape index (κ3) is 7.77. The summed E-state index contributed by atoms with van der Waals surface area (Å²) in [4.78, 5) is 19.9. The Morgan fingerprint density at radius 2 is 1.68 bits per heavy atom. The Kier molecular flexibility index (Phi) is 9.44. The molecule has 1 aromatic heterocycles. The number of rotatable bonds is 9. The number of morpholine rings is 1. The van der Waals surface area contributed by atoms with Gasteiger partial charge in [0, 0.05) is 43.4 Å². The van der Waals surface area contributed by atoms with Gasteiger partial charge in [0.2, 0.25) is 15.9 Å². The molecule has 1 aliphatic heterocycles. The van der Waals surface area contributed by atoms with E-state index in [-0.39, 0.29) is 34.6 Å². The van der Waals surface area contributed by atoms with Gasteiger partial charge in [0.1, 0.15) is 5.82 Å². The van der Waals surface area contributed by atoms with Crippen LogP contribution in [0.3, 0.4) is 0 Å². The first-order chi connectivity index (χ1) is 19.8. The summed E-state index contributed by atoms with van der Waals surface area (Å²) in [5.74, 6) is -0.543. The van der Waals surface area contributed by atoms with E-state index in [1.165, 1.54) is 12.1 Å². The van der Waals surface area contributed by atoms with Gasteiger partial charge in [-0.3, -0.25) is 14.7 Å². The second-order valence-electron chi connectivity index (χ2n) is 10.9. The van der Waals surface area contributed by atoms with Crippen LogP contribution in [-0.4, -0.2) is 56.6 Å². The average Bonchev–Trinajstić information content (AvgIpc) is 2.98. The number of sulfonamides is 1. The van der Waals surface area contributed by atoms with Crippen molar-refractivity contribution < 1.29 is 22.3 Å². The topological polar surface area (TPSA) is 101 Å². The molecule has 1 saturated heterocycles. The van der Waals surface area contributed by atoms with Crippen LogP contribution in [0.2, 0.25) is 0 Å². The Balaban J connectivity index is 1.11. The summed E-state index contributed by atoms with van der Waals surface area (Å²) >= 11 is 0. The number of ether oxygens (including phenoxy) is 1. The molecule has 1 atom stereocenters. The first-order valence-electron chi connectivity index (χ1n) is 14.2. The zero-order valence-corrected chi connectivity index (χ0v) is 24.1. The Bertz CT molecular complexity index is 1400. The zero-order valence-electron chi connectivity index (χ0n) is 23.3. The molecule has 2 heterocycles. The number of pyridine rings is 1. The summed E-state index contributed by atoms with van der Waals surface area (Å²) in [6, 6.07) is 16.4. The van der Waals surface area contributed by atoms with Crippen molar-refractivity contribution in [3.8, 4) is 11.3 Å². The van der Waals surface area contributed by atoms with Gasteiger partial charge in [-0.15, -0.1) is 0 Å². The number of carbonyl (C=O) groups excluding carboxylic acids is 1. The summed E-state index contributed by atoms with van der Waals surface area (Å²) in [5.41, 5.74) is 3.61. The van der Waals surface area contributed by atoms with Gasteiger partial charge in [-0.05, 0) is 74.1 Å². The molecule has 0 bridgehead atoms. The highest BCUT2D eigenvalue weighted by Gasteiger charge is 2.30. The molecule has 1 saturated carbocycles. The van der Waals surface area contributed by atoms with Gasteiger partial charge >= 0.3 is 0 Å². The minimum absolute atomic E-state index is 0.0542. The fourth-order valence-corrected chi connectivity index (χ4v) is 6.74.